The number of thiazole rings is 1. The number of carbonyl (C=O) groups excluding carboxylic acids is 1. The number of nitrogens with zero attached hydrogens (tertiary/aromatic N) is 2. The summed E-state index contributed by atoms with van der Waals surface area (Å²) in [7, 11) is 0. The molecular formula is C34H50N4O5S2. The van der Waals surface area contributed by atoms with E-state index in [1.54, 1.807) is 17.4 Å². The highest BCUT2D eigenvalue weighted by atomic mass is 32.1. The van der Waals surface area contributed by atoms with Crippen molar-refractivity contribution in [3.05, 3.63) is 49.8 Å². The topological polar surface area (TPSA) is 118 Å². The first kappa shape index (κ1) is 34.1. The smallest absolute Gasteiger partial charge is 0.305 e. The molecule has 1 atom stereocenters. The highest BCUT2D eigenvalue weighted by Gasteiger charge is 2.40. The molecule has 0 bridgehead atoms. The zero-order chi connectivity index (χ0) is 31.5. The van der Waals surface area contributed by atoms with Gasteiger partial charge < -0.3 is 35.1 Å². The Bertz CT molecular complexity index is 1380. The number of aliphatic hydroxyl groups is 1. The Kier molecular flexibility index (Phi) is 12.9. The number of aromatic amines is 1. The number of aliphatic hydroxyl groups excluding tert-OH is 1. The van der Waals surface area contributed by atoms with Crippen LogP contribution in [0.15, 0.2) is 34.4 Å². The van der Waals surface area contributed by atoms with E-state index >= 15 is 0 Å². The van der Waals surface area contributed by atoms with Crippen LogP contribution in [0.5, 0.6) is 5.75 Å². The fourth-order valence-electron chi connectivity index (χ4n) is 6.69. The van der Waals surface area contributed by atoms with Gasteiger partial charge in [-0.1, -0.05) is 55.6 Å². The summed E-state index contributed by atoms with van der Waals surface area (Å²) in [4.78, 5) is 33.0. The van der Waals surface area contributed by atoms with Crippen LogP contribution < -0.4 is 10.2 Å². The number of H-pyrrole nitrogens is 1. The number of hydrogen-bond donors (Lipinski definition) is 4. The van der Waals surface area contributed by atoms with E-state index in [0.29, 0.717) is 35.4 Å². The number of piperidine rings is 1. The van der Waals surface area contributed by atoms with Crippen LogP contribution in [0, 0.1) is 0 Å². The van der Waals surface area contributed by atoms with E-state index in [2.05, 4.69) is 37.6 Å². The monoisotopic (exact) mass is 658 g/mol. The molecule has 9 nitrogen and oxygen atoms in total. The van der Waals surface area contributed by atoms with Crippen LogP contribution in [0.2, 0.25) is 0 Å². The number of phenols is 1. The van der Waals surface area contributed by atoms with Gasteiger partial charge in [0.1, 0.15) is 11.3 Å². The number of rotatable bonds is 17. The Hall–Kier alpha value is -2.28. The number of amides is 1. The van der Waals surface area contributed by atoms with E-state index in [1.807, 2.05) is 0 Å². The summed E-state index contributed by atoms with van der Waals surface area (Å²) in [6, 6.07) is 7.44. The maximum absolute atomic E-state index is 12.9. The van der Waals surface area contributed by atoms with Crippen molar-refractivity contribution in [2.75, 3.05) is 52.4 Å². The second-order valence-electron chi connectivity index (χ2n) is 12.7. The highest BCUT2D eigenvalue weighted by molar-refractivity contribution is 7.16. The molecule has 2 fully saturated rings. The van der Waals surface area contributed by atoms with Crippen LogP contribution in [0.25, 0.3) is 10.2 Å². The zero-order valence-corrected chi connectivity index (χ0v) is 28.1. The third-order valence-corrected chi connectivity index (χ3v) is 11.2. The summed E-state index contributed by atoms with van der Waals surface area (Å²) >= 11 is 2.79. The fourth-order valence-corrected chi connectivity index (χ4v) is 8.36. The van der Waals surface area contributed by atoms with Crippen molar-refractivity contribution in [3.63, 3.8) is 0 Å². The number of aromatic hydroxyl groups is 1. The number of aryl methyl sites for hydroxylation is 1. The zero-order valence-electron chi connectivity index (χ0n) is 26.4. The first-order valence-corrected chi connectivity index (χ1v) is 18.5. The molecule has 2 saturated heterocycles. The van der Waals surface area contributed by atoms with Gasteiger partial charge in [-0.15, -0.1) is 11.3 Å². The Balaban J connectivity index is 0.864. The summed E-state index contributed by atoms with van der Waals surface area (Å²) in [5, 5.41) is 26.0. The Labute approximate surface area is 274 Å². The minimum Gasteiger partial charge on any atom is -0.506 e. The summed E-state index contributed by atoms with van der Waals surface area (Å²) < 4.78 is 6.92. The van der Waals surface area contributed by atoms with Gasteiger partial charge in [0.2, 0.25) is 5.91 Å². The molecule has 1 amide bonds. The third-order valence-electron chi connectivity index (χ3n) is 9.37. The maximum Gasteiger partial charge on any atom is 0.305 e. The number of likely N-dealkylation sites (tertiary alicyclic amines) is 1. The molecule has 1 aromatic carbocycles. The second-order valence-corrected chi connectivity index (χ2v) is 14.7. The van der Waals surface area contributed by atoms with E-state index in [1.165, 1.54) is 49.5 Å². The number of fused-ring (bicyclic) bond motifs is 1. The molecule has 11 heteroatoms. The molecule has 45 heavy (non-hydrogen) atoms. The SMILES string of the molecule is O=C(CCCc1cccs1)N1CCOC2(CCN(CCCCCCCCCNCC(O)c3ccc(O)c4[nH]c(=O)sc34)CC2)C1. The third kappa shape index (κ3) is 9.86. The van der Waals surface area contributed by atoms with Gasteiger partial charge in [-0.2, -0.15) is 0 Å². The number of thiophene rings is 1. The standard InChI is InChI=1S/C34H50N4O5S2/c39-28-14-13-27(32-31(28)36-33(42)45-32)29(40)24-35-17-6-4-2-1-3-5-7-18-37-19-15-34(16-20-37)25-38(21-22-43-34)30(41)12-8-10-26-11-9-23-44-26/h9,11,13-14,23,29,35,39-40H,1-8,10,12,15-22,24-25H2,(H,36,42). The van der Waals surface area contributed by atoms with Crippen LogP contribution in [0.1, 0.15) is 87.2 Å². The minimum absolute atomic E-state index is 0.0274. The van der Waals surface area contributed by atoms with Crippen LogP contribution in [0.3, 0.4) is 0 Å². The van der Waals surface area contributed by atoms with Gasteiger partial charge in [0.05, 0.1) is 23.0 Å². The van der Waals surface area contributed by atoms with Gasteiger partial charge in [0.15, 0.2) is 0 Å². The molecule has 2 aromatic heterocycles. The molecule has 1 spiro atoms. The molecule has 0 aliphatic carbocycles. The number of ether oxygens (including phenoxy) is 1. The van der Waals surface area contributed by atoms with Gasteiger partial charge in [-0.25, -0.2) is 0 Å². The van der Waals surface area contributed by atoms with E-state index < -0.39 is 6.10 Å². The summed E-state index contributed by atoms with van der Waals surface area (Å²) in [6.07, 6.45) is 12.4. The average Bonchev–Trinajstić information content (AvgIpc) is 3.71. The molecule has 4 N–H and O–H groups in total. The maximum atomic E-state index is 12.9. The normalized spacial score (nSPS) is 17.8. The molecule has 248 valence electrons. The lowest BCUT2D eigenvalue weighted by molar-refractivity contribution is -0.159. The van der Waals surface area contributed by atoms with E-state index in [-0.39, 0.29) is 22.1 Å². The van der Waals surface area contributed by atoms with E-state index in [9.17, 15) is 19.8 Å². The predicted molar refractivity (Wildman–Crippen MR) is 182 cm³/mol. The molecular weight excluding hydrogens is 609 g/mol. The Morgan fingerprint density at radius 1 is 1.04 bits per heavy atom. The second kappa shape index (κ2) is 17.0. The number of unbranched alkanes of at least 4 members (excludes halogenated alkanes) is 6. The molecule has 3 aromatic rings. The first-order chi connectivity index (χ1) is 21.9. The number of aromatic nitrogens is 1. The number of phenolic OH excluding ortho intramolecular Hbond substituents is 1. The summed E-state index contributed by atoms with van der Waals surface area (Å²) in [5.74, 6) is 0.316. The van der Waals surface area contributed by atoms with Crippen molar-refractivity contribution in [2.45, 2.75) is 88.8 Å². The van der Waals surface area contributed by atoms with Gasteiger partial charge in [-0.05, 0) is 69.1 Å². The van der Waals surface area contributed by atoms with Crippen molar-refractivity contribution in [3.8, 4) is 5.75 Å². The Morgan fingerprint density at radius 2 is 1.82 bits per heavy atom. The average molecular weight is 659 g/mol. The van der Waals surface area contributed by atoms with Gasteiger partial charge in [0, 0.05) is 49.6 Å². The van der Waals surface area contributed by atoms with Crippen LogP contribution in [0.4, 0.5) is 0 Å². The lowest BCUT2D eigenvalue weighted by Crippen LogP contribution is -2.58. The number of hydrogen-bond acceptors (Lipinski definition) is 9. The summed E-state index contributed by atoms with van der Waals surface area (Å²) in [6.45, 7) is 6.69. The van der Waals surface area contributed by atoms with E-state index in [4.69, 9.17) is 4.74 Å². The highest BCUT2D eigenvalue weighted by Crippen LogP contribution is 2.32. The van der Waals surface area contributed by atoms with Crippen molar-refractivity contribution in [2.24, 2.45) is 0 Å². The number of benzene rings is 1. The van der Waals surface area contributed by atoms with Crippen LogP contribution >= 0.6 is 22.7 Å². The lowest BCUT2D eigenvalue weighted by Gasteiger charge is -2.47. The molecule has 1 unspecified atom stereocenters. The molecule has 5 rings (SSSR count). The van der Waals surface area contributed by atoms with Crippen molar-refractivity contribution >= 4 is 38.8 Å². The molecule has 0 radical (unpaired) electrons. The Morgan fingerprint density at radius 3 is 2.60 bits per heavy atom. The lowest BCUT2D eigenvalue weighted by atomic mass is 9.89. The van der Waals surface area contributed by atoms with Crippen LogP contribution in [-0.4, -0.2) is 88.9 Å². The molecule has 2 aliphatic heterocycles. The van der Waals surface area contributed by atoms with Gasteiger partial charge in [-0.3, -0.25) is 9.59 Å². The molecule has 0 saturated carbocycles. The van der Waals surface area contributed by atoms with Gasteiger partial charge >= 0.3 is 4.87 Å². The van der Waals surface area contributed by atoms with Crippen molar-refractivity contribution < 1.29 is 19.7 Å². The van der Waals surface area contributed by atoms with E-state index in [0.717, 1.165) is 82.7 Å². The first-order valence-electron chi connectivity index (χ1n) is 16.8. The number of nitrogens with one attached hydrogen (secondary N) is 2. The number of morpholine rings is 1. The summed E-state index contributed by atoms with van der Waals surface area (Å²) in [5.41, 5.74) is 0.921. The largest absolute Gasteiger partial charge is 0.506 e. The molecule has 2 aliphatic rings. The van der Waals surface area contributed by atoms with Crippen molar-refractivity contribution in [1.82, 2.24) is 20.1 Å². The molecule has 4 heterocycles. The number of carbonyl (C=O) groups is 1. The quantitative estimate of drug-likeness (QED) is 0.143. The fraction of sp³-hybridized carbons (Fsp3) is 0.647. The van der Waals surface area contributed by atoms with Crippen molar-refractivity contribution in [1.29, 1.82) is 0 Å². The predicted octanol–water partition coefficient (Wildman–Crippen LogP) is 5.43. The van der Waals surface area contributed by atoms with Crippen LogP contribution in [-0.2, 0) is 16.0 Å². The van der Waals surface area contributed by atoms with Gasteiger partial charge in [0.25, 0.3) is 0 Å². The minimum atomic E-state index is -0.726.